The van der Waals surface area contributed by atoms with Crippen molar-refractivity contribution in [2.24, 2.45) is 0 Å². The molecular formula is C26H28ClN7O. The average molecular weight is 490 g/mol. The van der Waals surface area contributed by atoms with Crippen molar-refractivity contribution in [2.45, 2.75) is 26.9 Å². The first-order valence-corrected chi connectivity index (χ1v) is 12.1. The summed E-state index contributed by atoms with van der Waals surface area (Å²) in [4.78, 5) is 26.6. The van der Waals surface area contributed by atoms with Gasteiger partial charge in [-0.15, -0.1) is 0 Å². The first kappa shape index (κ1) is 23.3. The van der Waals surface area contributed by atoms with E-state index in [4.69, 9.17) is 17.3 Å². The van der Waals surface area contributed by atoms with Gasteiger partial charge in [0.05, 0.1) is 29.9 Å². The molecule has 2 aromatic carbocycles. The monoisotopic (exact) mass is 489 g/mol. The molecule has 1 fully saturated rings. The molecular weight excluding hydrogens is 462 g/mol. The number of anilines is 1. The maximum Gasteiger partial charge on any atom is 0.258 e. The molecule has 2 aromatic heterocycles. The lowest BCUT2D eigenvalue weighted by atomic mass is 10.1. The van der Waals surface area contributed by atoms with Crippen LogP contribution in [0.2, 0.25) is 5.15 Å². The van der Waals surface area contributed by atoms with Crippen LogP contribution in [0.15, 0.2) is 48.5 Å². The third-order valence-electron chi connectivity index (χ3n) is 6.44. The molecule has 5 rings (SSSR count). The van der Waals surface area contributed by atoms with Crippen LogP contribution < -0.4 is 5.73 Å². The van der Waals surface area contributed by atoms with Crippen LogP contribution in [-0.2, 0) is 13.1 Å². The van der Waals surface area contributed by atoms with E-state index in [2.05, 4.69) is 51.2 Å². The normalized spacial score (nSPS) is 14.5. The summed E-state index contributed by atoms with van der Waals surface area (Å²) in [7, 11) is 0. The Bertz CT molecular complexity index is 1370. The molecule has 1 saturated heterocycles. The van der Waals surface area contributed by atoms with Crippen LogP contribution in [0.3, 0.4) is 0 Å². The maximum atomic E-state index is 13.3. The Kier molecular flexibility index (Phi) is 6.40. The van der Waals surface area contributed by atoms with Crippen LogP contribution >= 0.6 is 11.6 Å². The molecule has 0 aliphatic carbocycles. The molecule has 8 nitrogen and oxygen atoms in total. The van der Waals surface area contributed by atoms with E-state index in [1.807, 2.05) is 36.1 Å². The third kappa shape index (κ3) is 4.85. The molecule has 3 heterocycles. The van der Waals surface area contributed by atoms with Gasteiger partial charge in [-0.2, -0.15) is 5.10 Å². The number of nitrogen functional groups attached to an aromatic ring is 1. The number of nitrogens with zero attached hydrogens (tertiary/aromatic N) is 6. The molecule has 1 aliphatic heterocycles. The lowest BCUT2D eigenvalue weighted by Crippen LogP contribution is -2.48. The molecule has 0 radical (unpaired) electrons. The summed E-state index contributed by atoms with van der Waals surface area (Å²) in [6, 6.07) is 16.0. The fraction of sp³-hybridized carbons (Fsp3) is 0.308. The smallest absolute Gasteiger partial charge is 0.258 e. The number of halogens is 1. The maximum absolute atomic E-state index is 13.3. The molecule has 0 bridgehead atoms. The Balaban J connectivity index is 1.24. The fourth-order valence-electron chi connectivity index (χ4n) is 4.46. The zero-order chi connectivity index (χ0) is 24.5. The highest BCUT2D eigenvalue weighted by atomic mass is 35.5. The minimum atomic E-state index is -0.0755. The van der Waals surface area contributed by atoms with E-state index < -0.39 is 0 Å². The second-order valence-corrected chi connectivity index (χ2v) is 9.36. The Morgan fingerprint density at radius 2 is 1.69 bits per heavy atom. The van der Waals surface area contributed by atoms with Gasteiger partial charge in [0, 0.05) is 31.6 Å². The van der Waals surface area contributed by atoms with E-state index in [1.54, 1.807) is 4.68 Å². The van der Waals surface area contributed by atoms with Gasteiger partial charge >= 0.3 is 0 Å². The van der Waals surface area contributed by atoms with Crippen molar-refractivity contribution < 1.29 is 4.79 Å². The summed E-state index contributed by atoms with van der Waals surface area (Å²) in [5.41, 5.74) is 10.4. The first-order valence-electron chi connectivity index (χ1n) is 11.7. The Hall–Kier alpha value is -3.49. The Morgan fingerprint density at radius 3 is 2.43 bits per heavy atom. The summed E-state index contributed by atoms with van der Waals surface area (Å²) in [5, 5.41) is 5.79. The molecule has 180 valence electrons. The van der Waals surface area contributed by atoms with Gasteiger partial charge < -0.3 is 10.6 Å². The Labute approximate surface area is 209 Å². The number of para-hydroxylation sites is 1. The number of benzene rings is 2. The molecule has 0 saturated carbocycles. The molecule has 0 spiro atoms. The van der Waals surface area contributed by atoms with Crippen molar-refractivity contribution in [3.05, 3.63) is 81.9 Å². The van der Waals surface area contributed by atoms with Gasteiger partial charge in [0.2, 0.25) is 0 Å². The van der Waals surface area contributed by atoms with E-state index in [0.29, 0.717) is 54.2 Å². The van der Waals surface area contributed by atoms with Gasteiger partial charge in [-0.25, -0.2) is 14.6 Å². The number of carbonyl (C=O) groups excluding carboxylic acids is 1. The van der Waals surface area contributed by atoms with Crippen LogP contribution in [-0.4, -0.2) is 61.6 Å². The number of nitrogens with two attached hydrogens (primary N) is 1. The van der Waals surface area contributed by atoms with Crippen LogP contribution in [0.25, 0.3) is 10.9 Å². The second-order valence-electron chi connectivity index (χ2n) is 9.01. The number of amides is 1. The molecule has 1 aliphatic rings. The van der Waals surface area contributed by atoms with E-state index in [1.165, 1.54) is 5.56 Å². The lowest BCUT2D eigenvalue weighted by Gasteiger charge is -2.34. The number of carbonyl (C=O) groups is 1. The number of aryl methyl sites for hydroxylation is 2. The van der Waals surface area contributed by atoms with Gasteiger partial charge in [0.1, 0.15) is 16.8 Å². The highest BCUT2D eigenvalue weighted by Crippen LogP contribution is 2.24. The molecule has 35 heavy (non-hydrogen) atoms. The summed E-state index contributed by atoms with van der Waals surface area (Å²) in [6.45, 7) is 7.63. The lowest BCUT2D eigenvalue weighted by molar-refractivity contribution is 0.0625. The number of hydrogen-bond donors (Lipinski definition) is 1. The van der Waals surface area contributed by atoms with Crippen molar-refractivity contribution in [3.63, 3.8) is 0 Å². The average Bonchev–Trinajstić information content (AvgIpc) is 3.13. The standard InChI is InChI=1S/C26H28ClN7O/c1-17-7-9-19(10-8-17)15-34-24(27)23(18(2)31-34)26(35)33-13-11-32(12-14-33)16-22-29-21-6-4-3-5-20(21)25(28)30-22/h3-10H,11-16H2,1-2H3,(H2,28,29,30). The number of hydrogen-bond acceptors (Lipinski definition) is 6. The van der Waals surface area contributed by atoms with E-state index in [-0.39, 0.29) is 5.91 Å². The molecule has 4 aromatic rings. The predicted octanol–water partition coefficient (Wildman–Crippen LogP) is 3.69. The van der Waals surface area contributed by atoms with Gasteiger partial charge in [0.15, 0.2) is 0 Å². The van der Waals surface area contributed by atoms with Crippen LogP contribution in [0.5, 0.6) is 0 Å². The second kappa shape index (κ2) is 9.64. The zero-order valence-corrected chi connectivity index (χ0v) is 20.7. The van der Waals surface area contributed by atoms with Gasteiger partial charge in [-0.05, 0) is 31.5 Å². The van der Waals surface area contributed by atoms with E-state index in [9.17, 15) is 4.79 Å². The van der Waals surface area contributed by atoms with E-state index in [0.717, 1.165) is 29.6 Å². The van der Waals surface area contributed by atoms with Gasteiger partial charge in [-0.3, -0.25) is 9.69 Å². The van der Waals surface area contributed by atoms with Crippen molar-refractivity contribution in [3.8, 4) is 0 Å². The molecule has 2 N–H and O–H groups in total. The SMILES string of the molecule is Cc1ccc(Cn2nc(C)c(C(=O)N3CCN(Cc4nc(N)c5ccccc5n4)CC3)c2Cl)cc1. The third-order valence-corrected chi connectivity index (χ3v) is 6.82. The zero-order valence-electron chi connectivity index (χ0n) is 19.9. The van der Waals surface area contributed by atoms with Crippen LogP contribution in [0, 0.1) is 13.8 Å². The minimum absolute atomic E-state index is 0.0755. The quantitative estimate of drug-likeness (QED) is 0.459. The number of aromatic nitrogens is 4. The van der Waals surface area contributed by atoms with Crippen molar-refractivity contribution in [1.82, 2.24) is 29.5 Å². The summed E-state index contributed by atoms with van der Waals surface area (Å²) in [5.74, 6) is 1.11. The number of rotatable bonds is 5. The van der Waals surface area contributed by atoms with Crippen LogP contribution in [0.1, 0.15) is 33.0 Å². The highest BCUT2D eigenvalue weighted by molar-refractivity contribution is 6.33. The largest absolute Gasteiger partial charge is 0.383 e. The Morgan fingerprint density at radius 1 is 0.971 bits per heavy atom. The number of piperazine rings is 1. The predicted molar refractivity (Wildman–Crippen MR) is 137 cm³/mol. The topological polar surface area (TPSA) is 93.2 Å². The molecule has 0 atom stereocenters. The van der Waals surface area contributed by atoms with Crippen molar-refractivity contribution in [2.75, 3.05) is 31.9 Å². The van der Waals surface area contributed by atoms with E-state index >= 15 is 0 Å². The van der Waals surface area contributed by atoms with Gasteiger partial charge in [0.25, 0.3) is 5.91 Å². The van der Waals surface area contributed by atoms with Crippen molar-refractivity contribution in [1.29, 1.82) is 0 Å². The first-order chi connectivity index (χ1) is 16.9. The minimum Gasteiger partial charge on any atom is -0.383 e. The fourth-order valence-corrected chi connectivity index (χ4v) is 4.77. The van der Waals surface area contributed by atoms with Gasteiger partial charge in [-0.1, -0.05) is 53.6 Å². The van der Waals surface area contributed by atoms with Crippen LogP contribution in [0.4, 0.5) is 5.82 Å². The molecule has 0 unspecified atom stereocenters. The molecule has 1 amide bonds. The number of fused-ring (bicyclic) bond motifs is 1. The summed E-state index contributed by atoms with van der Waals surface area (Å²) >= 11 is 6.64. The summed E-state index contributed by atoms with van der Waals surface area (Å²) in [6.07, 6.45) is 0. The summed E-state index contributed by atoms with van der Waals surface area (Å²) < 4.78 is 1.70. The van der Waals surface area contributed by atoms with Crippen molar-refractivity contribution >= 4 is 34.2 Å². The highest BCUT2D eigenvalue weighted by Gasteiger charge is 2.28. The molecule has 9 heteroatoms.